The van der Waals surface area contributed by atoms with Crippen LogP contribution in [0.3, 0.4) is 0 Å². The lowest BCUT2D eigenvalue weighted by molar-refractivity contribution is -0.402. The van der Waals surface area contributed by atoms with Gasteiger partial charge in [0.15, 0.2) is 0 Å². The number of nitrogens with zero attached hydrogens (tertiary/aromatic N) is 1. The third-order valence-electron chi connectivity index (χ3n) is 1.39. The van der Waals surface area contributed by atoms with E-state index >= 15 is 0 Å². The van der Waals surface area contributed by atoms with Gasteiger partial charge < -0.3 is 4.42 Å². The van der Waals surface area contributed by atoms with Crippen molar-refractivity contribution in [3.8, 4) is 0 Å². The van der Waals surface area contributed by atoms with E-state index in [9.17, 15) is 10.1 Å². The number of alkyl halides is 1. The van der Waals surface area contributed by atoms with E-state index < -0.39 is 4.92 Å². The molecule has 0 unspecified atom stereocenters. The topological polar surface area (TPSA) is 56.3 Å². The number of hydrogen-bond acceptors (Lipinski definition) is 3. The molecule has 0 N–H and O–H groups in total. The Morgan fingerprint density at radius 3 is 2.92 bits per heavy atom. The van der Waals surface area contributed by atoms with Crippen molar-refractivity contribution in [3.63, 3.8) is 0 Å². The summed E-state index contributed by atoms with van der Waals surface area (Å²) in [6.07, 6.45) is 1.75. The molecular formula is C8H8BrNO3. The Balaban J connectivity index is 2.86. The first kappa shape index (κ1) is 9.98. The van der Waals surface area contributed by atoms with Crippen molar-refractivity contribution < 1.29 is 9.34 Å². The van der Waals surface area contributed by atoms with Crippen LogP contribution in [-0.2, 0) is 0 Å². The van der Waals surface area contributed by atoms with Gasteiger partial charge in [0, 0.05) is 5.33 Å². The number of allylic oxidation sites excluding steroid dienone is 1. The van der Waals surface area contributed by atoms with E-state index in [1.54, 1.807) is 12.1 Å². The van der Waals surface area contributed by atoms with Crippen molar-refractivity contribution in [1.82, 2.24) is 0 Å². The first-order chi connectivity index (χ1) is 6.13. The highest BCUT2D eigenvalue weighted by Gasteiger charge is 2.09. The summed E-state index contributed by atoms with van der Waals surface area (Å²) in [5, 5.41) is 11.0. The zero-order valence-electron chi connectivity index (χ0n) is 6.99. The van der Waals surface area contributed by atoms with E-state index in [1.165, 1.54) is 6.07 Å². The predicted octanol–water partition coefficient (Wildman–Crippen LogP) is 2.99. The van der Waals surface area contributed by atoms with Gasteiger partial charge in [0.1, 0.15) is 10.7 Å². The second-order valence-electron chi connectivity index (χ2n) is 2.56. The van der Waals surface area contributed by atoms with Gasteiger partial charge in [-0.15, -0.1) is 0 Å². The SMILES string of the molecule is CC(=Cc1ccc([N+](=O)[O-])o1)CBr. The molecule has 0 spiro atoms. The van der Waals surface area contributed by atoms with Gasteiger partial charge in [-0.1, -0.05) is 21.5 Å². The Kier molecular flexibility index (Phi) is 3.25. The summed E-state index contributed by atoms with van der Waals surface area (Å²) >= 11 is 3.26. The maximum Gasteiger partial charge on any atom is 0.433 e. The maximum atomic E-state index is 10.3. The molecule has 0 aromatic carbocycles. The molecule has 0 aliphatic heterocycles. The van der Waals surface area contributed by atoms with Gasteiger partial charge in [0.05, 0.1) is 6.07 Å². The molecule has 0 saturated heterocycles. The molecule has 0 fully saturated rings. The third kappa shape index (κ3) is 2.69. The van der Waals surface area contributed by atoms with Gasteiger partial charge in [-0.3, -0.25) is 10.1 Å². The number of nitro groups is 1. The first-order valence-electron chi connectivity index (χ1n) is 3.61. The lowest BCUT2D eigenvalue weighted by atomic mass is 10.3. The van der Waals surface area contributed by atoms with Crippen LogP contribution in [0.2, 0.25) is 0 Å². The highest BCUT2D eigenvalue weighted by molar-refractivity contribution is 9.09. The van der Waals surface area contributed by atoms with Crippen molar-refractivity contribution in [2.75, 3.05) is 5.33 Å². The fourth-order valence-corrected chi connectivity index (χ4v) is 0.961. The van der Waals surface area contributed by atoms with Gasteiger partial charge in [-0.25, -0.2) is 0 Å². The summed E-state index contributed by atoms with van der Waals surface area (Å²) in [5.41, 5.74) is 1.05. The van der Waals surface area contributed by atoms with Crippen LogP contribution in [-0.4, -0.2) is 10.3 Å². The molecule has 1 aromatic heterocycles. The highest BCUT2D eigenvalue weighted by atomic mass is 79.9. The number of furan rings is 1. The van der Waals surface area contributed by atoms with Gasteiger partial charge in [-0.05, 0) is 19.1 Å². The smallest absolute Gasteiger partial charge is 0.401 e. The van der Waals surface area contributed by atoms with Gasteiger partial charge in [0.2, 0.25) is 0 Å². The fourth-order valence-electron chi connectivity index (χ4n) is 0.799. The Labute approximate surface area is 83.5 Å². The molecule has 4 nitrogen and oxygen atoms in total. The van der Waals surface area contributed by atoms with Crippen LogP contribution in [0.4, 0.5) is 5.88 Å². The van der Waals surface area contributed by atoms with Gasteiger partial charge >= 0.3 is 5.88 Å². The second-order valence-corrected chi connectivity index (χ2v) is 3.12. The molecule has 5 heteroatoms. The van der Waals surface area contributed by atoms with Gasteiger partial charge in [-0.2, -0.15) is 0 Å². The van der Waals surface area contributed by atoms with E-state index in [0.29, 0.717) is 5.76 Å². The van der Waals surface area contributed by atoms with Crippen LogP contribution in [0.1, 0.15) is 12.7 Å². The summed E-state index contributed by atoms with van der Waals surface area (Å²) in [4.78, 5) is 9.70. The summed E-state index contributed by atoms with van der Waals surface area (Å²) in [6.45, 7) is 1.91. The van der Waals surface area contributed by atoms with Gasteiger partial charge in [0.25, 0.3) is 0 Å². The minimum absolute atomic E-state index is 0.228. The summed E-state index contributed by atoms with van der Waals surface area (Å²) in [5.74, 6) is 0.275. The monoisotopic (exact) mass is 245 g/mol. The molecule has 0 atom stereocenters. The maximum absolute atomic E-state index is 10.3. The third-order valence-corrected chi connectivity index (χ3v) is 2.28. The lowest BCUT2D eigenvalue weighted by Crippen LogP contribution is -1.82. The van der Waals surface area contributed by atoms with E-state index in [1.807, 2.05) is 6.92 Å². The fraction of sp³-hybridized carbons (Fsp3) is 0.250. The van der Waals surface area contributed by atoms with Crippen LogP contribution in [0, 0.1) is 10.1 Å². The Morgan fingerprint density at radius 2 is 2.46 bits per heavy atom. The summed E-state index contributed by atoms with van der Waals surface area (Å²) in [7, 11) is 0. The Hall–Kier alpha value is -1.10. The molecule has 1 rings (SSSR count). The minimum Gasteiger partial charge on any atom is -0.401 e. The average molecular weight is 246 g/mol. The lowest BCUT2D eigenvalue weighted by Gasteiger charge is -1.89. The molecule has 0 amide bonds. The molecule has 0 aliphatic rings. The van der Waals surface area contributed by atoms with E-state index in [-0.39, 0.29) is 5.88 Å². The molecule has 13 heavy (non-hydrogen) atoms. The van der Waals surface area contributed by atoms with Crippen molar-refractivity contribution in [1.29, 1.82) is 0 Å². The minimum atomic E-state index is -0.555. The van der Waals surface area contributed by atoms with Crippen LogP contribution in [0.5, 0.6) is 0 Å². The average Bonchev–Trinajstić information content (AvgIpc) is 2.52. The van der Waals surface area contributed by atoms with Crippen LogP contribution >= 0.6 is 15.9 Å². The van der Waals surface area contributed by atoms with Crippen molar-refractivity contribution in [2.45, 2.75) is 6.92 Å². The molecule has 0 bridgehead atoms. The second kappa shape index (κ2) is 4.23. The standard InChI is InChI=1S/C8H8BrNO3/c1-6(5-9)4-7-2-3-8(13-7)10(11)12/h2-4H,5H2,1H3. The Bertz CT molecular complexity index is 343. The van der Waals surface area contributed by atoms with E-state index in [4.69, 9.17) is 4.42 Å². The molecule has 70 valence electrons. The van der Waals surface area contributed by atoms with Crippen LogP contribution in [0.25, 0.3) is 6.08 Å². The van der Waals surface area contributed by atoms with E-state index in [0.717, 1.165) is 10.9 Å². The summed E-state index contributed by atoms with van der Waals surface area (Å²) in [6, 6.07) is 2.91. The molecule has 0 saturated carbocycles. The molecule has 1 heterocycles. The number of halogens is 1. The van der Waals surface area contributed by atoms with Crippen molar-refractivity contribution in [3.05, 3.63) is 33.6 Å². The Morgan fingerprint density at radius 1 is 1.77 bits per heavy atom. The first-order valence-corrected chi connectivity index (χ1v) is 4.73. The molecular weight excluding hydrogens is 238 g/mol. The zero-order valence-corrected chi connectivity index (χ0v) is 8.58. The van der Waals surface area contributed by atoms with Crippen molar-refractivity contribution >= 4 is 27.9 Å². The molecule has 0 aliphatic carbocycles. The molecule has 0 radical (unpaired) electrons. The summed E-state index contributed by atoms with van der Waals surface area (Å²) < 4.78 is 4.92. The van der Waals surface area contributed by atoms with Crippen LogP contribution in [0.15, 0.2) is 22.1 Å². The van der Waals surface area contributed by atoms with E-state index in [2.05, 4.69) is 15.9 Å². The quantitative estimate of drug-likeness (QED) is 0.468. The molecule has 1 aromatic rings. The van der Waals surface area contributed by atoms with Crippen molar-refractivity contribution in [2.24, 2.45) is 0 Å². The van der Waals surface area contributed by atoms with Crippen LogP contribution < -0.4 is 0 Å². The predicted molar refractivity (Wildman–Crippen MR) is 52.8 cm³/mol. The zero-order chi connectivity index (χ0) is 9.84. The largest absolute Gasteiger partial charge is 0.433 e. The number of rotatable bonds is 3. The highest BCUT2D eigenvalue weighted by Crippen LogP contribution is 2.18. The number of hydrogen-bond donors (Lipinski definition) is 0. The normalized spacial score (nSPS) is 11.7.